The Labute approximate surface area is 174 Å². The summed E-state index contributed by atoms with van der Waals surface area (Å²) in [5, 5.41) is 3.20. The summed E-state index contributed by atoms with van der Waals surface area (Å²) in [4.78, 5) is 14.7. The number of hydrogen-bond donors (Lipinski definition) is 1. The van der Waals surface area contributed by atoms with Crippen LogP contribution in [0.4, 0.5) is 0 Å². The number of halogens is 1. The molecule has 0 aliphatic carbocycles. The molecule has 0 spiro atoms. The van der Waals surface area contributed by atoms with Crippen molar-refractivity contribution in [1.82, 2.24) is 14.5 Å². The average molecular weight is 466 g/mol. The molecule has 8 heteroatoms. The van der Waals surface area contributed by atoms with Crippen LogP contribution in [0.25, 0.3) is 0 Å². The first-order valence-electron chi connectivity index (χ1n) is 9.25. The first kappa shape index (κ1) is 21.0. The predicted octanol–water partition coefficient (Wildman–Crippen LogP) is 2.11. The molecule has 1 amide bonds. The lowest BCUT2D eigenvalue weighted by atomic mass is 10.1. The lowest BCUT2D eigenvalue weighted by molar-refractivity contribution is -0.131. The van der Waals surface area contributed by atoms with Crippen molar-refractivity contribution >= 4 is 31.9 Å². The van der Waals surface area contributed by atoms with Gasteiger partial charge in [-0.1, -0.05) is 46.3 Å². The third-order valence-corrected chi connectivity index (χ3v) is 7.11. The molecule has 0 aromatic heterocycles. The third-order valence-electron chi connectivity index (χ3n) is 4.73. The Bertz CT molecular complexity index is 883. The molecule has 150 valence electrons. The summed E-state index contributed by atoms with van der Waals surface area (Å²) in [5.74, 6) is -0.157. The zero-order valence-corrected chi connectivity index (χ0v) is 18.0. The molecule has 0 bridgehead atoms. The minimum Gasteiger partial charge on any atom is -0.339 e. The summed E-state index contributed by atoms with van der Waals surface area (Å²) in [7, 11) is -3.77. The highest BCUT2D eigenvalue weighted by molar-refractivity contribution is 9.10. The minimum atomic E-state index is -3.77. The molecule has 6 nitrogen and oxygen atoms in total. The van der Waals surface area contributed by atoms with E-state index in [1.54, 1.807) is 29.2 Å². The maximum atomic E-state index is 13.2. The molecule has 28 heavy (non-hydrogen) atoms. The Morgan fingerprint density at radius 1 is 1.04 bits per heavy atom. The van der Waals surface area contributed by atoms with Crippen LogP contribution in [0.3, 0.4) is 0 Å². The zero-order chi connectivity index (χ0) is 20.0. The lowest BCUT2D eigenvalue weighted by Crippen LogP contribution is -2.50. The van der Waals surface area contributed by atoms with Crippen molar-refractivity contribution < 1.29 is 13.2 Å². The van der Waals surface area contributed by atoms with E-state index in [1.165, 1.54) is 4.31 Å². The van der Waals surface area contributed by atoms with Gasteiger partial charge in [-0.3, -0.25) is 4.79 Å². The highest BCUT2D eigenvalue weighted by atomic mass is 79.9. The van der Waals surface area contributed by atoms with Crippen LogP contribution in [0.2, 0.25) is 0 Å². The molecule has 1 aliphatic heterocycles. The van der Waals surface area contributed by atoms with Crippen molar-refractivity contribution in [2.75, 3.05) is 39.3 Å². The second-order valence-electron chi connectivity index (χ2n) is 6.66. The number of nitrogens with zero attached hydrogens (tertiary/aromatic N) is 2. The quantitative estimate of drug-likeness (QED) is 0.679. The van der Waals surface area contributed by atoms with Crippen molar-refractivity contribution in [3.8, 4) is 0 Å². The van der Waals surface area contributed by atoms with E-state index in [2.05, 4.69) is 21.2 Å². The number of carbonyl (C=O) groups excluding carboxylic acids is 1. The maximum absolute atomic E-state index is 13.2. The SMILES string of the molecule is O=C(CN(CCc1ccccc1)S(=O)(=O)c1ccc(Br)cc1)N1CCNCC1. The van der Waals surface area contributed by atoms with Gasteiger partial charge >= 0.3 is 0 Å². The standard InChI is InChI=1S/C20H24BrN3O3S/c21-18-6-8-19(9-7-18)28(26,27)24(13-10-17-4-2-1-3-5-17)16-20(25)23-14-11-22-12-15-23/h1-9,22H,10-16H2. The van der Waals surface area contributed by atoms with E-state index >= 15 is 0 Å². The molecule has 3 rings (SSSR count). The van der Waals surface area contributed by atoms with Crippen LogP contribution in [0.15, 0.2) is 64.0 Å². The van der Waals surface area contributed by atoms with Gasteiger partial charge in [0.05, 0.1) is 11.4 Å². The van der Waals surface area contributed by atoms with Gasteiger partial charge in [-0.15, -0.1) is 0 Å². The monoisotopic (exact) mass is 465 g/mol. The lowest BCUT2D eigenvalue weighted by Gasteiger charge is -2.30. The number of piperazine rings is 1. The van der Waals surface area contributed by atoms with Gasteiger partial charge in [-0.25, -0.2) is 8.42 Å². The number of nitrogens with one attached hydrogen (secondary N) is 1. The van der Waals surface area contributed by atoms with Crippen molar-refractivity contribution in [2.24, 2.45) is 0 Å². The summed E-state index contributed by atoms with van der Waals surface area (Å²) in [5.41, 5.74) is 1.04. The Morgan fingerprint density at radius 2 is 1.68 bits per heavy atom. The summed E-state index contributed by atoms with van der Waals surface area (Å²) in [6.45, 7) is 2.77. The normalized spacial score (nSPS) is 15.0. The molecular formula is C20H24BrN3O3S. The minimum absolute atomic E-state index is 0.148. The second kappa shape index (κ2) is 9.65. The zero-order valence-electron chi connectivity index (χ0n) is 15.6. The van der Waals surface area contributed by atoms with Crippen LogP contribution in [-0.4, -0.2) is 62.8 Å². The molecule has 1 aliphatic rings. The number of benzene rings is 2. The van der Waals surface area contributed by atoms with Crippen LogP contribution < -0.4 is 5.32 Å². The van der Waals surface area contributed by atoms with Crippen molar-refractivity contribution in [1.29, 1.82) is 0 Å². The molecule has 1 N–H and O–H groups in total. The Balaban J connectivity index is 1.80. The van der Waals surface area contributed by atoms with E-state index in [0.717, 1.165) is 23.1 Å². The Morgan fingerprint density at radius 3 is 2.32 bits per heavy atom. The summed E-state index contributed by atoms with van der Waals surface area (Å²) in [6.07, 6.45) is 0.547. The van der Waals surface area contributed by atoms with E-state index < -0.39 is 10.0 Å². The van der Waals surface area contributed by atoms with Crippen LogP contribution in [-0.2, 0) is 21.2 Å². The third kappa shape index (κ3) is 5.41. The molecule has 0 saturated carbocycles. The van der Waals surface area contributed by atoms with Gasteiger partial charge in [0.2, 0.25) is 15.9 Å². The van der Waals surface area contributed by atoms with Crippen molar-refractivity contribution in [3.05, 3.63) is 64.6 Å². The summed E-state index contributed by atoms with van der Waals surface area (Å²) in [6, 6.07) is 16.2. The van der Waals surface area contributed by atoms with Gasteiger partial charge in [-0.05, 0) is 36.2 Å². The fraction of sp³-hybridized carbons (Fsp3) is 0.350. The van der Waals surface area contributed by atoms with Gasteiger partial charge in [0, 0.05) is 37.2 Å². The molecule has 0 unspecified atom stereocenters. The van der Waals surface area contributed by atoms with Gasteiger partial charge in [0.15, 0.2) is 0 Å². The van der Waals surface area contributed by atoms with Crippen LogP contribution in [0.1, 0.15) is 5.56 Å². The molecule has 2 aromatic rings. The van der Waals surface area contributed by atoms with Crippen molar-refractivity contribution in [2.45, 2.75) is 11.3 Å². The number of hydrogen-bond acceptors (Lipinski definition) is 4. The Hall–Kier alpha value is -1.74. The Kier molecular flexibility index (Phi) is 7.23. The average Bonchev–Trinajstić information content (AvgIpc) is 2.72. The van der Waals surface area contributed by atoms with E-state index in [1.807, 2.05) is 30.3 Å². The first-order valence-corrected chi connectivity index (χ1v) is 11.5. The maximum Gasteiger partial charge on any atom is 0.243 e. The van der Waals surface area contributed by atoms with Gasteiger partial charge in [-0.2, -0.15) is 4.31 Å². The highest BCUT2D eigenvalue weighted by Gasteiger charge is 2.28. The van der Waals surface area contributed by atoms with E-state index in [-0.39, 0.29) is 23.9 Å². The smallest absolute Gasteiger partial charge is 0.243 e. The second-order valence-corrected chi connectivity index (χ2v) is 9.51. The van der Waals surface area contributed by atoms with Crippen LogP contribution >= 0.6 is 15.9 Å². The summed E-state index contributed by atoms with van der Waals surface area (Å²) >= 11 is 3.33. The molecule has 1 saturated heterocycles. The van der Waals surface area contributed by atoms with Gasteiger partial charge < -0.3 is 10.2 Å². The number of sulfonamides is 1. The fourth-order valence-corrected chi connectivity index (χ4v) is 4.76. The number of carbonyl (C=O) groups is 1. The molecule has 1 fully saturated rings. The van der Waals surface area contributed by atoms with E-state index in [9.17, 15) is 13.2 Å². The highest BCUT2D eigenvalue weighted by Crippen LogP contribution is 2.19. The van der Waals surface area contributed by atoms with Crippen LogP contribution in [0, 0.1) is 0 Å². The number of rotatable bonds is 7. The first-order chi connectivity index (χ1) is 13.5. The van der Waals surface area contributed by atoms with E-state index in [4.69, 9.17) is 0 Å². The molecular weight excluding hydrogens is 442 g/mol. The molecule has 0 radical (unpaired) electrons. The molecule has 2 aromatic carbocycles. The van der Waals surface area contributed by atoms with E-state index in [0.29, 0.717) is 19.5 Å². The van der Waals surface area contributed by atoms with Gasteiger partial charge in [0.25, 0.3) is 0 Å². The summed E-state index contributed by atoms with van der Waals surface area (Å²) < 4.78 is 28.5. The number of amides is 1. The molecule has 1 heterocycles. The predicted molar refractivity (Wildman–Crippen MR) is 112 cm³/mol. The molecule has 0 atom stereocenters. The topological polar surface area (TPSA) is 69.7 Å². The van der Waals surface area contributed by atoms with Crippen molar-refractivity contribution in [3.63, 3.8) is 0 Å². The van der Waals surface area contributed by atoms with Crippen LogP contribution in [0.5, 0.6) is 0 Å². The van der Waals surface area contributed by atoms with Gasteiger partial charge in [0.1, 0.15) is 0 Å². The largest absolute Gasteiger partial charge is 0.339 e. The fourth-order valence-electron chi connectivity index (χ4n) is 3.10.